The molecule has 94 valence electrons. The summed E-state index contributed by atoms with van der Waals surface area (Å²) < 4.78 is 0. The highest BCUT2D eigenvalue weighted by molar-refractivity contribution is 5.91. The molecule has 0 aliphatic heterocycles. The minimum atomic E-state index is -1.00. The highest BCUT2D eigenvalue weighted by Crippen LogP contribution is 2.12. The van der Waals surface area contributed by atoms with E-state index in [9.17, 15) is 9.59 Å². The van der Waals surface area contributed by atoms with Crippen LogP contribution in [0.4, 0.5) is 5.69 Å². The number of nitrogens with one attached hydrogen (secondary N) is 1. The molecule has 0 saturated heterocycles. The Morgan fingerprint density at radius 3 is 2.83 bits per heavy atom. The third-order valence-electron chi connectivity index (χ3n) is 2.16. The fourth-order valence-electron chi connectivity index (χ4n) is 1.34. The van der Waals surface area contributed by atoms with Crippen LogP contribution in [0.1, 0.15) is 18.4 Å². The lowest BCUT2D eigenvalue weighted by Gasteiger charge is -2.04. The zero-order valence-electron chi connectivity index (χ0n) is 9.93. The van der Waals surface area contributed by atoms with Crippen molar-refractivity contribution in [3.63, 3.8) is 0 Å². The zero-order valence-corrected chi connectivity index (χ0v) is 9.93. The molecule has 1 aromatic carbocycles. The van der Waals surface area contributed by atoms with Gasteiger partial charge in [-0.05, 0) is 30.2 Å². The molecule has 2 N–H and O–H groups in total. The molecular weight excluding hydrogens is 230 g/mol. The van der Waals surface area contributed by atoms with Crippen LogP contribution in [-0.4, -0.2) is 17.0 Å². The highest BCUT2D eigenvalue weighted by Gasteiger charge is 2.01. The van der Waals surface area contributed by atoms with Gasteiger partial charge in [0, 0.05) is 18.2 Å². The van der Waals surface area contributed by atoms with Crippen LogP contribution in [0.15, 0.2) is 43.0 Å². The summed E-state index contributed by atoms with van der Waals surface area (Å²) in [6.45, 7) is 3.55. The molecule has 0 fully saturated rings. The maximum absolute atomic E-state index is 11.5. The minimum absolute atomic E-state index is 0.0886. The number of carboxylic acids is 1. The van der Waals surface area contributed by atoms with Crippen LogP contribution in [0.2, 0.25) is 0 Å². The Bertz CT molecular complexity index is 478. The first-order chi connectivity index (χ1) is 8.61. The third kappa shape index (κ3) is 5.12. The first kappa shape index (κ1) is 13.7. The Hall–Kier alpha value is -2.36. The van der Waals surface area contributed by atoms with E-state index in [1.807, 2.05) is 0 Å². The summed E-state index contributed by atoms with van der Waals surface area (Å²) in [5.41, 5.74) is 1.37. The molecular formula is C14H15NO3. The van der Waals surface area contributed by atoms with Crippen molar-refractivity contribution in [2.45, 2.75) is 12.8 Å². The Morgan fingerprint density at radius 2 is 2.17 bits per heavy atom. The number of carbonyl (C=O) groups is 2. The van der Waals surface area contributed by atoms with E-state index < -0.39 is 5.97 Å². The topological polar surface area (TPSA) is 66.4 Å². The zero-order chi connectivity index (χ0) is 13.4. The highest BCUT2D eigenvalue weighted by atomic mass is 16.4. The number of benzene rings is 1. The molecule has 0 heterocycles. The van der Waals surface area contributed by atoms with Crippen LogP contribution < -0.4 is 5.32 Å². The number of allylic oxidation sites excluding steroid dienone is 1. The molecule has 18 heavy (non-hydrogen) atoms. The third-order valence-corrected chi connectivity index (χ3v) is 2.16. The molecule has 4 heteroatoms. The molecule has 1 rings (SSSR count). The van der Waals surface area contributed by atoms with E-state index in [4.69, 9.17) is 5.11 Å². The molecule has 0 bridgehead atoms. The normalized spacial score (nSPS) is 10.2. The Morgan fingerprint density at radius 1 is 1.39 bits per heavy atom. The van der Waals surface area contributed by atoms with Gasteiger partial charge in [0.15, 0.2) is 0 Å². The van der Waals surface area contributed by atoms with Crippen molar-refractivity contribution in [1.82, 2.24) is 0 Å². The second-order valence-electron chi connectivity index (χ2n) is 3.67. The predicted octanol–water partition coefficient (Wildman–Crippen LogP) is 2.69. The summed E-state index contributed by atoms with van der Waals surface area (Å²) in [5, 5.41) is 11.3. The van der Waals surface area contributed by atoms with E-state index in [1.54, 1.807) is 30.3 Å². The van der Waals surface area contributed by atoms with Crippen molar-refractivity contribution in [1.29, 1.82) is 0 Å². The molecule has 0 aliphatic carbocycles. The maximum Gasteiger partial charge on any atom is 0.328 e. The average Bonchev–Trinajstić information content (AvgIpc) is 2.34. The van der Waals surface area contributed by atoms with Gasteiger partial charge in [0.05, 0.1) is 0 Å². The van der Waals surface area contributed by atoms with E-state index in [2.05, 4.69) is 11.9 Å². The molecule has 0 spiro atoms. The van der Waals surface area contributed by atoms with Crippen LogP contribution >= 0.6 is 0 Å². The van der Waals surface area contributed by atoms with Crippen molar-refractivity contribution in [3.8, 4) is 0 Å². The monoisotopic (exact) mass is 245 g/mol. The number of aliphatic carboxylic acids is 1. The van der Waals surface area contributed by atoms with Crippen LogP contribution in [0.25, 0.3) is 6.08 Å². The molecule has 0 atom stereocenters. The first-order valence-electron chi connectivity index (χ1n) is 5.53. The van der Waals surface area contributed by atoms with Gasteiger partial charge in [-0.3, -0.25) is 4.79 Å². The Labute approximate surface area is 106 Å². The molecule has 0 unspecified atom stereocenters. The fraction of sp³-hybridized carbons (Fsp3) is 0.143. The van der Waals surface area contributed by atoms with Crippen LogP contribution in [0.5, 0.6) is 0 Å². The molecule has 0 radical (unpaired) electrons. The molecule has 4 nitrogen and oxygen atoms in total. The lowest BCUT2D eigenvalue weighted by molar-refractivity contribution is -0.131. The average molecular weight is 245 g/mol. The van der Waals surface area contributed by atoms with Gasteiger partial charge in [-0.25, -0.2) is 4.79 Å². The van der Waals surface area contributed by atoms with Crippen molar-refractivity contribution in [3.05, 3.63) is 48.6 Å². The van der Waals surface area contributed by atoms with Crippen LogP contribution in [-0.2, 0) is 9.59 Å². The van der Waals surface area contributed by atoms with Gasteiger partial charge in [-0.1, -0.05) is 18.2 Å². The molecule has 0 aliphatic rings. The van der Waals surface area contributed by atoms with Gasteiger partial charge in [0.25, 0.3) is 0 Å². The maximum atomic E-state index is 11.5. The van der Waals surface area contributed by atoms with E-state index >= 15 is 0 Å². The number of rotatable bonds is 6. The number of amides is 1. The van der Waals surface area contributed by atoms with Gasteiger partial charge in [0.2, 0.25) is 5.91 Å². The minimum Gasteiger partial charge on any atom is -0.478 e. The molecule has 0 saturated carbocycles. The number of carboxylic acid groups (broad SMARTS) is 1. The number of hydrogen-bond acceptors (Lipinski definition) is 2. The van der Waals surface area contributed by atoms with Crippen molar-refractivity contribution in [2.24, 2.45) is 0 Å². The second-order valence-corrected chi connectivity index (χ2v) is 3.67. The summed E-state index contributed by atoms with van der Waals surface area (Å²) >= 11 is 0. The molecule has 0 aromatic heterocycles. The molecule has 1 amide bonds. The smallest absolute Gasteiger partial charge is 0.328 e. The van der Waals surface area contributed by atoms with Gasteiger partial charge in [0.1, 0.15) is 0 Å². The first-order valence-corrected chi connectivity index (χ1v) is 5.53. The van der Waals surface area contributed by atoms with Gasteiger partial charge in [-0.2, -0.15) is 0 Å². The SMILES string of the molecule is C=CCCC(=O)Nc1cccc(/C=C/C(=O)O)c1. The van der Waals surface area contributed by atoms with E-state index in [0.717, 1.165) is 11.6 Å². The number of hydrogen-bond donors (Lipinski definition) is 2. The van der Waals surface area contributed by atoms with Crippen LogP contribution in [0.3, 0.4) is 0 Å². The Kier molecular flexibility index (Phi) is 5.38. The van der Waals surface area contributed by atoms with Crippen LogP contribution in [0, 0.1) is 0 Å². The summed E-state index contributed by atoms with van der Waals surface area (Å²) in [6, 6.07) is 6.98. The lowest BCUT2D eigenvalue weighted by atomic mass is 10.2. The van der Waals surface area contributed by atoms with E-state index in [1.165, 1.54) is 6.08 Å². The summed E-state index contributed by atoms with van der Waals surface area (Å²) in [7, 11) is 0. The summed E-state index contributed by atoms with van der Waals surface area (Å²) in [4.78, 5) is 21.9. The molecule has 1 aromatic rings. The van der Waals surface area contributed by atoms with Crippen molar-refractivity contribution >= 4 is 23.6 Å². The number of anilines is 1. The van der Waals surface area contributed by atoms with E-state index in [-0.39, 0.29) is 5.91 Å². The largest absolute Gasteiger partial charge is 0.478 e. The summed E-state index contributed by atoms with van der Waals surface area (Å²) in [6.07, 6.45) is 5.23. The van der Waals surface area contributed by atoms with Gasteiger partial charge < -0.3 is 10.4 Å². The van der Waals surface area contributed by atoms with Gasteiger partial charge in [-0.15, -0.1) is 6.58 Å². The standard InChI is InChI=1S/C14H15NO3/c1-2-3-7-13(16)15-12-6-4-5-11(10-12)8-9-14(17)18/h2,4-6,8-10H,1,3,7H2,(H,15,16)(H,17,18)/b9-8+. The van der Waals surface area contributed by atoms with Crippen molar-refractivity contribution in [2.75, 3.05) is 5.32 Å². The van der Waals surface area contributed by atoms with Crippen molar-refractivity contribution < 1.29 is 14.7 Å². The Balaban J connectivity index is 2.67. The lowest BCUT2D eigenvalue weighted by Crippen LogP contribution is -2.10. The van der Waals surface area contributed by atoms with E-state index in [0.29, 0.717) is 18.5 Å². The number of carbonyl (C=O) groups excluding carboxylic acids is 1. The van der Waals surface area contributed by atoms with Gasteiger partial charge >= 0.3 is 5.97 Å². The predicted molar refractivity (Wildman–Crippen MR) is 71.2 cm³/mol. The fourth-order valence-corrected chi connectivity index (χ4v) is 1.34. The summed E-state index contributed by atoms with van der Waals surface area (Å²) in [5.74, 6) is -1.09. The quantitative estimate of drug-likeness (QED) is 0.598. The second kappa shape index (κ2) is 7.06.